The molecule has 0 atom stereocenters. The number of carbonyl (C=O) groups is 1. The lowest BCUT2D eigenvalue weighted by molar-refractivity contribution is -0.143. The molecule has 1 heterocycles. The minimum Gasteiger partial charge on any atom is -0.492 e. The molecule has 1 saturated heterocycles. The van der Waals surface area contributed by atoms with Crippen molar-refractivity contribution in [2.24, 2.45) is 5.73 Å². The van der Waals surface area contributed by atoms with Gasteiger partial charge in [0.15, 0.2) is 0 Å². The van der Waals surface area contributed by atoms with Crippen LogP contribution in [0.1, 0.15) is 5.56 Å². The third kappa shape index (κ3) is 3.72. The van der Waals surface area contributed by atoms with Crippen molar-refractivity contribution in [1.82, 2.24) is 4.90 Å². The molecule has 0 unspecified atom stereocenters. The fourth-order valence-corrected chi connectivity index (χ4v) is 2.91. The summed E-state index contributed by atoms with van der Waals surface area (Å²) >= 11 is 0. The zero-order chi connectivity index (χ0) is 17.9. The molecule has 7 heteroatoms. The first-order valence-electron chi connectivity index (χ1n) is 8.13. The van der Waals surface area contributed by atoms with Gasteiger partial charge in [0, 0.05) is 30.6 Å². The van der Waals surface area contributed by atoms with Gasteiger partial charge in [-0.15, -0.1) is 0 Å². The lowest BCUT2D eigenvalue weighted by Gasteiger charge is -2.26. The van der Waals surface area contributed by atoms with Crippen molar-refractivity contribution in [3.63, 3.8) is 0 Å². The second-order valence-corrected chi connectivity index (χ2v) is 5.90. The average Bonchev–Trinajstić information content (AvgIpc) is 2.62. The molecule has 0 aromatic heterocycles. The summed E-state index contributed by atoms with van der Waals surface area (Å²) < 4.78 is 39.3. The van der Waals surface area contributed by atoms with E-state index in [-0.39, 0.29) is 5.39 Å². The van der Waals surface area contributed by atoms with Crippen molar-refractivity contribution in [2.45, 2.75) is 5.92 Å². The fraction of sp³-hybridized carbons (Fsp3) is 0.389. The molecule has 134 valence electrons. The van der Waals surface area contributed by atoms with Crippen LogP contribution < -0.4 is 10.5 Å². The fourth-order valence-electron chi connectivity index (χ4n) is 2.91. The number of ether oxygens (including phenoxy) is 2. The van der Waals surface area contributed by atoms with Crippen molar-refractivity contribution in [1.29, 1.82) is 0 Å². The zero-order valence-corrected chi connectivity index (χ0v) is 13.7. The topological polar surface area (TPSA) is 64.8 Å². The van der Waals surface area contributed by atoms with Gasteiger partial charge in [0.25, 0.3) is 5.91 Å². The van der Waals surface area contributed by atoms with Gasteiger partial charge in [-0.3, -0.25) is 9.69 Å². The Labute approximate surface area is 144 Å². The smallest absolute Gasteiger partial charge is 0.350 e. The zero-order valence-electron chi connectivity index (χ0n) is 13.7. The average molecular weight is 350 g/mol. The van der Waals surface area contributed by atoms with Crippen molar-refractivity contribution in [2.75, 3.05) is 39.5 Å². The summed E-state index contributed by atoms with van der Waals surface area (Å²) in [5.41, 5.74) is 4.45. The molecule has 25 heavy (non-hydrogen) atoms. The molecular formula is C18H20F2N2O3. The van der Waals surface area contributed by atoms with E-state index in [0.717, 1.165) is 19.6 Å². The summed E-state index contributed by atoms with van der Waals surface area (Å²) in [5.74, 6) is -4.89. The summed E-state index contributed by atoms with van der Waals surface area (Å²) in [6.07, 6.45) is 0. The summed E-state index contributed by atoms with van der Waals surface area (Å²) in [6, 6.07) is 9.28. The van der Waals surface area contributed by atoms with Crippen molar-refractivity contribution >= 4 is 16.7 Å². The van der Waals surface area contributed by atoms with E-state index in [1.807, 2.05) is 0 Å². The molecule has 3 rings (SSSR count). The first-order chi connectivity index (χ1) is 12.0. The number of primary amides is 1. The Morgan fingerprint density at radius 3 is 2.52 bits per heavy atom. The highest BCUT2D eigenvalue weighted by atomic mass is 19.3. The second-order valence-electron chi connectivity index (χ2n) is 5.90. The van der Waals surface area contributed by atoms with E-state index in [1.54, 1.807) is 18.2 Å². The second kappa shape index (κ2) is 7.33. The largest absolute Gasteiger partial charge is 0.492 e. The Kier molecular flexibility index (Phi) is 5.15. The van der Waals surface area contributed by atoms with Crippen LogP contribution in [0.25, 0.3) is 10.8 Å². The van der Waals surface area contributed by atoms with E-state index in [4.69, 9.17) is 15.2 Å². The lowest BCUT2D eigenvalue weighted by atomic mass is 9.98. The Morgan fingerprint density at radius 2 is 1.84 bits per heavy atom. The molecule has 2 aromatic carbocycles. The molecular weight excluding hydrogens is 330 g/mol. The molecule has 0 spiro atoms. The first kappa shape index (κ1) is 17.6. The summed E-state index contributed by atoms with van der Waals surface area (Å²) in [7, 11) is 0. The summed E-state index contributed by atoms with van der Waals surface area (Å²) in [5, 5.41) is 0.790. The molecule has 2 N–H and O–H groups in total. The van der Waals surface area contributed by atoms with Crippen LogP contribution in [0.2, 0.25) is 0 Å². The number of hydrogen-bond acceptors (Lipinski definition) is 4. The Bertz CT molecular complexity index is 761. The molecule has 1 amide bonds. The van der Waals surface area contributed by atoms with Crippen molar-refractivity contribution < 1.29 is 23.0 Å². The minimum atomic E-state index is -3.73. The van der Waals surface area contributed by atoms with Crippen molar-refractivity contribution in [3.05, 3.63) is 42.0 Å². The third-order valence-corrected chi connectivity index (χ3v) is 4.30. The van der Waals surface area contributed by atoms with Crippen molar-refractivity contribution in [3.8, 4) is 5.75 Å². The number of nitrogens with zero attached hydrogens (tertiary/aromatic N) is 1. The SMILES string of the molecule is NC(=O)C(F)(F)c1ccc(OCCN2CCOCC2)c2ccccc12. The van der Waals surface area contributed by atoms with Crippen LogP contribution in [-0.4, -0.2) is 50.3 Å². The van der Waals surface area contributed by atoms with Gasteiger partial charge in [0.05, 0.1) is 13.2 Å². The molecule has 1 aliphatic heterocycles. The molecule has 1 fully saturated rings. The third-order valence-electron chi connectivity index (χ3n) is 4.30. The van der Waals surface area contributed by atoms with Gasteiger partial charge in [0.2, 0.25) is 0 Å². The van der Waals surface area contributed by atoms with Crippen LogP contribution in [0.5, 0.6) is 5.75 Å². The van der Waals surface area contributed by atoms with Gasteiger partial charge in [-0.1, -0.05) is 24.3 Å². The maximum atomic E-state index is 14.1. The van der Waals surface area contributed by atoms with Gasteiger partial charge in [-0.25, -0.2) is 0 Å². The number of carbonyl (C=O) groups excluding carboxylic acids is 1. The number of fused-ring (bicyclic) bond motifs is 1. The number of halogens is 2. The van der Waals surface area contributed by atoms with E-state index < -0.39 is 17.4 Å². The number of nitrogens with two attached hydrogens (primary N) is 1. The maximum Gasteiger partial charge on any atom is 0.350 e. The molecule has 0 saturated carbocycles. The number of morpholine rings is 1. The van der Waals surface area contributed by atoms with Crippen LogP contribution in [0.3, 0.4) is 0 Å². The number of alkyl halides is 2. The van der Waals surface area contributed by atoms with Crippen LogP contribution in [0.4, 0.5) is 8.78 Å². The van der Waals surface area contributed by atoms with E-state index in [9.17, 15) is 13.6 Å². The normalized spacial score (nSPS) is 16.1. The molecule has 5 nitrogen and oxygen atoms in total. The summed E-state index contributed by atoms with van der Waals surface area (Å²) in [4.78, 5) is 13.3. The van der Waals surface area contributed by atoms with Gasteiger partial charge >= 0.3 is 5.92 Å². The Morgan fingerprint density at radius 1 is 1.16 bits per heavy atom. The minimum absolute atomic E-state index is 0.259. The highest BCUT2D eigenvalue weighted by Gasteiger charge is 2.40. The predicted octanol–water partition coefficient (Wildman–Crippen LogP) is 2.13. The van der Waals surface area contributed by atoms with E-state index >= 15 is 0 Å². The molecule has 0 bridgehead atoms. The predicted molar refractivity (Wildman–Crippen MR) is 89.8 cm³/mol. The quantitative estimate of drug-likeness (QED) is 0.867. The van der Waals surface area contributed by atoms with Crippen LogP contribution in [-0.2, 0) is 15.5 Å². The molecule has 2 aromatic rings. The van der Waals surface area contributed by atoms with Crippen LogP contribution in [0, 0.1) is 0 Å². The van der Waals surface area contributed by atoms with Crippen LogP contribution >= 0.6 is 0 Å². The highest BCUT2D eigenvalue weighted by Crippen LogP contribution is 2.37. The Hall–Kier alpha value is -2.25. The monoisotopic (exact) mass is 350 g/mol. The van der Waals surface area contributed by atoms with Gasteiger partial charge in [0.1, 0.15) is 12.4 Å². The first-order valence-corrected chi connectivity index (χ1v) is 8.13. The number of amides is 1. The Balaban J connectivity index is 1.81. The van der Waals surface area contributed by atoms with E-state index in [1.165, 1.54) is 18.2 Å². The number of benzene rings is 2. The van der Waals surface area contributed by atoms with E-state index in [0.29, 0.717) is 31.0 Å². The molecule has 0 aliphatic carbocycles. The summed E-state index contributed by atoms with van der Waals surface area (Å²) in [6.45, 7) is 4.30. The maximum absolute atomic E-state index is 14.1. The van der Waals surface area contributed by atoms with Crippen LogP contribution in [0.15, 0.2) is 36.4 Å². The van der Waals surface area contributed by atoms with Gasteiger partial charge in [-0.2, -0.15) is 8.78 Å². The number of hydrogen-bond donors (Lipinski definition) is 1. The molecule has 0 radical (unpaired) electrons. The van der Waals surface area contributed by atoms with E-state index in [2.05, 4.69) is 4.90 Å². The van der Waals surface area contributed by atoms with Gasteiger partial charge < -0.3 is 15.2 Å². The standard InChI is InChI=1S/C18H20F2N2O3/c19-18(20,17(21)23)15-5-6-16(14-4-2-1-3-13(14)15)25-12-9-22-7-10-24-11-8-22/h1-6H,7-12H2,(H2,21,23). The lowest BCUT2D eigenvalue weighted by Crippen LogP contribution is -2.38. The van der Waals surface area contributed by atoms with Gasteiger partial charge in [-0.05, 0) is 17.5 Å². The molecule has 1 aliphatic rings. The number of rotatable bonds is 6. The highest BCUT2D eigenvalue weighted by molar-refractivity contribution is 5.96.